The number of nitrogens with zero attached hydrogens (tertiary/aromatic N) is 1. The minimum atomic E-state index is -1.64. The molecule has 1 aliphatic rings. The van der Waals surface area contributed by atoms with E-state index in [9.17, 15) is 19.2 Å². The van der Waals surface area contributed by atoms with Crippen molar-refractivity contribution in [3.05, 3.63) is 93.7 Å². The molecular formula is C26H25N3O8. The number of hydrogen-bond acceptors (Lipinski definition) is 10. The molecular weight excluding hydrogens is 482 g/mol. The van der Waals surface area contributed by atoms with E-state index in [0.717, 1.165) is 12.7 Å². The number of methoxy groups -OCH3 is 2. The van der Waals surface area contributed by atoms with E-state index >= 15 is 0 Å². The first-order valence-electron chi connectivity index (χ1n) is 11.4. The highest BCUT2D eigenvalue weighted by Crippen LogP contribution is 2.32. The average molecular weight is 507 g/mol. The Morgan fingerprint density at radius 3 is 2.30 bits per heavy atom. The van der Waals surface area contributed by atoms with Crippen molar-refractivity contribution in [3.63, 3.8) is 0 Å². The standard InChI is InChI=1S/C26H25N3O8/c1-34-18-13-26(27-14-18,25(33)36-15-16-9-5-3-6-10-16)24-28-19(23(32)35-2)20(21(30)29-24)37-22(31)17-11-7-4-8-12-17/h3-12,18,27H,13-15H2,1-2H3,(H,28,29,30)/t18-,26+/m1/s1. The lowest BCUT2D eigenvalue weighted by atomic mass is 9.95. The largest absolute Gasteiger partial charge is 0.464 e. The normalized spacial score (nSPS) is 18.7. The predicted octanol–water partition coefficient (Wildman–Crippen LogP) is 1.72. The number of aromatic amines is 1. The molecule has 192 valence electrons. The second-order valence-corrected chi connectivity index (χ2v) is 8.25. The van der Waals surface area contributed by atoms with Crippen molar-refractivity contribution in [2.75, 3.05) is 20.8 Å². The number of carbonyl (C=O) groups is 3. The zero-order valence-electron chi connectivity index (χ0n) is 20.2. The molecule has 3 aromatic rings. The van der Waals surface area contributed by atoms with Crippen LogP contribution in [0.4, 0.5) is 0 Å². The van der Waals surface area contributed by atoms with E-state index in [1.165, 1.54) is 19.2 Å². The first-order chi connectivity index (χ1) is 17.9. The van der Waals surface area contributed by atoms with Gasteiger partial charge in [0.25, 0.3) is 5.56 Å². The van der Waals surface area contributed by atoms with Gasteiger partial charge in [-0.3, -0.25) is 10.1 Å². The predicted molar refractivity (Wildman–Crippen MR) is 129 cm³/mol. The van der Waals surface area contributed by atoms with Gasteiger partial charge in [-0.15, -0.1) is 0 Å². The van der Waals surface area contributed by atoms with Gasteiger partial charge in [-0.25, -0.2) is 19.4 Å². The van der Waals surface area contributed by atoms with Gasteiger partial charge in [0.1, 0.15) is 12.4 Å². The fourth-order valence-corrected chi connectivity index (χ4v) is 3.94. The Kier molecular flexibility index (Phi) is 7.75. The van der Waals surface area contributed by atoms with Crippen molar-refractivity contribution in [3.8, 4) is 5.75 Å². The third-order valence-corrected chi connectivity index (χ3v) is 5.92. The minimum Gasteiger partial charge on any atom is -0.464 e. The molecule has 2 N–H and O–H groups in total. The van der Waals surface area contributed by atoms with Crippen LogP contribution in [0.2, 0.25) is 0 Å². The molecule has 37 heavy (non-hydrogen) atoms. The molecule has 2 heterocycles. The number of hydrogen-bond donors (Lipinski definition) is 2. The summed E-state index contributed by atoms with van der Waals surface area (Å²) < 4.78 is 21.0. The first-order valence-corrected chi connectivity index (χ1v) is 11.4. The van der Waals surface area contributed by atoms with Crippen LogP contribution in [0.3, 0.4) is 0 Å². The third-order valence-electron chi connectivity index (χ3n) is 5.92. The molecule has 0 amide bonds. The number of rotatable bonds is 8. The summed E-state index contributed by atoms with van der Waals surface area (Å²) in [6.45, 7) is 0.223. The van der Waals surface area contributed by atoms with Gasteiger partial charge in [-0.2, -0.15) is 0 Å². The lowest BCUT2D eigenvalue weighted by Gasteiger charge is -2.26. The Morgan fingerprint density at radius 1 is 1.00 bits per heavy atom. The first kappa shape index (κ1) is 25.7. The molecule has 0 aliphatic carbocycles. The number of ether oxygens (including phenoxy) is 4. The van der Waals surface area contributed by atoms with Gasteiger partial charge in [0.15, 0.2) is 11.2 Å². The number of aromatic nitrogens is 2. The fraction of sp³-hybridized carbons (Fsp3) is 0.269. The molecule has 4 rings (SSSR count). The topological polar surface area (TPSA) is 146 Å². The summed E-state index contributed by atoms with van der Waals surface area (Å²) in [4.78, 5) is 58.4. The molecule has 11 heteroatoms. The van der Waals surface area contributed by atoms with Gasteiger partial charge in [0, 0.05) is 20.1 Å². The zero-order chi connectivity index (χ0) is 26.4. The third kappa shape index (κ3) is 5.42. The van der Waals surface area contributed by atoms with E-state index in [4.69, 9.17) is 18.9 Å². The maximum atomic E-state index is 13.4. The van der Waals surface area contributed by atoms with Crippen LogP contribution in [0, 0.1) is 0 Å². The summed E-state index contributed by atoms with van der Waals surface area (Å²) >= 11 is 0. The molecule has 0 radical (unpaired) electrons. The van der Waals surface area contributed by atoms with Crippen LogP contribution in [0.25, 0.3) is 0 Å². The summed E-state index contributed by atoms with van der Waals surface area (Å²) in [5, 5.41) is 3.03. The number of benzene rings is 2. The smallest absolute Gasteiger partial charge is 0.360 e. The van der Waals surface area contributed by atoms with Gasteiger partial charge in [0.05, 0.1) is 18.8 Å². The molecule has 11 nitrogen and oxygen atoms in total. The monoisotopic (exact) mass is 507 g/mol. The van der Waals surface area contributed by atoms with E-state index in [1.54, 1.807) is 30.3 Å². The number of H-pyrrole nitrogens is 1. The molecule has 0 unspecified atom stereocenters. The van der Waals surface area contributed by atoms with Crippen LogP contribution in [0.1, 0.15) is 38.7 Å². The highest BCUT2D eigenvalue weighted by atomic mass is 16.6. The minimum absolute atomic E-state index is 0.0262. The number of nitrogens with one attached hydrogen (secondary N) is 2. The SMILES string of the molecule is COC(=O)c1nc([C@]2(C(=O)OCc3ccccc3)C[C@@H](OC)CN2)[nH]c(=O)c1OC(=O)c1ccccc1. The molecule has 2 aromatic carbocycles. The Hall–Kier alpha value is -4.35. The highest BCUT2D eigenvalue weighted by Gasteiger charge is 2.51. The Morgan fingerprint density at radius 2 is 1.68 bits per heavy atom. The van der Waals surface area contributed by atoms with Gasteiger partial charge in [-0.05, 0) is 17.7 Å². The zero-order valence-corrected chi connectivity index (χ0v) is 20.2. The summed E-state index contributed by atoms with van der Waals surface area (Å²) in [6.07, 6.45) is -0.351. The second kappa shape index (κ2) is 11.1. The van der Waals surface area contributed by atoms with Crippen LogP contribution in [-0.4, -0.2) is 54.7 Å². The van der Waals surface area contributed by atoms with Crippen molar-refractivity contribution in [2.24, 2.45) is 0 Å². The molecule has 0 saturated carbocycles. The maximum absolute atomic E-state index is 13.4. The highest BCUT2D eigenvalue weighted by molar-refractivity contribution is 5.95. The lowest BCUT2D eigenvalue weighted by molar-refractivity contribution is -0.153. The molecule has 1 saturated heterocycles. The van der Waals surface area contributed by atoms with Gasteiger partial charge >= 0.3 is 17.9 Å². The summed E-state index contributed by atoms with van der Waals surface area (Å²) in [7, 11) is 2.58. The summed E-state index contributed by atoms with van der Waals surface area (Å²) in [5.41, 5.74) is -2.24. The van der Waals surface area contributed by atoms with Crippen molar-refractivity contribution >= 4 is 17.9 Å². The van der Waals surface area contributed by atoms with Crippen molar-refractivity contribution in [1.29, 1.82) is 0 Å². The molecule has 0 spiro atoms. The molecule has 1 fully saturated rings. The van der Waals surface area contributed by atoms with Crippen LogP contribution >= 0.6 is 0 Å². The van der Waals surface area contributed by atoms with Crippen LogP contribution in [0.15, 0.2) is 65.5 Å². The van der Waals surface area contributed by atoms with E-state index < -0.39 is 46.6 Å². The fourth-order valence-electron chi connectivity index (χ4n) is 3.94. The van der Waals surface area contributed by atoms with Crippen molar-refractivity contribution in [1.82, 2.24) is 15.3 Å². The molecule has 1 aliphatic heterocycles. The van der Waals surface area contributed by atoms with Crippen molar-refractivity contribution < 1.29 is 33.3 Å². The van der Waals surface area contributed by atoms with Gasteiger partial charge in [-0.1, -0.05) is 48.5 Å². The number of carbonyl (C=O) groups excluding carboxylic acids is 3. The van der Waals surface area contributed by atoms with Crippen LogP contribution in [-0.2, 0) is 31.2 Å². The lowest BCUT2D eigenvalue weighted by Crippen LogP contribution is -2.48. The van der Waals surface area contributed by atoms with E-state index in [1.807, 2.05) is 18.2 Å². The quantitative estimate of drug-likeness (QED) is 0.432. The van der Waals surface area contributed by atoms with Crippen LogP contribution in [0.5, 0.6) is 5.75 Å². The van der Waals surface area contributed by atoms with E-state index in [2.05, 4.69) is 15.3 Å². The summed E-state index contributed by atoms with van der Waals surface area (Å²) in [5.74, 6) is -3.49. The van der Waals surface area contributed by atoms with Crippen molar-refractivity contribution in [2.45, 2.75) is 24.7 Å². The van der Waals surface area contributed by atoms with Gasteiger partial charge < -0.3 is 23.9 Å². The Balaban J connectivity index is 1.72. The van der Waals surface area contributed by atoms with Crippen LogP contribution < -0.4 is 15.6 Å². The van der Waals surface area contributed by atoms with E-state index in [0.29, 0.717) is 0 Å². The molecule has 1 aromatic heterocycles. The second-order valence-electron chi connectivity index (χ2n) is 8.25. The molecule has 0 bridgehead atoms. The Bertz CT molecular complexity index is 1340. The molecule has 2 atom stereocenters. The summed E-state index contributed by atoms with van der Waals surface area (Å²) in [6, 6.07) is 17.0. The maximum Gasteiger partial charge on any atom is 0.360 e. The van der Waals surface area contributed by atoms with Gasteiger partial charge in [0.2, 0.25) is 5.75 Å². The number of esters is 3. The Labute approximate surface area is 211 Å². The van der Waals surface area contributed by atoms with E-state index in [-0.39, 0.29) is 31.0 Å². The average Bonchev–Trinajstić information content (AvgIpc) is 3.39.